The second-order valence-electron chi connectivity index (χ2n) is 6.06. The summed E-state index contributed by atoms with van der Waals surface area (Å²) >= 11 is 0. The normalized spacial score (nSPS) is 18.0. The summed E-state index contributed by atoms with van der Waals surface area (Å²) in [6.45, 7) is 6.26. The molecule has 0 saturated heterocycles. The zero-order valence-electron chi connectivity index (χ0n) is 13.3. The summed E-state index contributed by atoms with van der Waals surface area (Å²) in [5, 5.41) is 0. The average Bonchev–Trinajstić information content (AvgIpc) is 3.30. The third-order valence-corrected chi connectivity index (χ3v) is 4.60. The predicted octanol–water partition coefficient (Wildman–Crippen LogP) is 2.88. The van der Waals surface area contributed by atoms with E-state index in [2.05, 4.69) is 11.8 Å². The molecular formula is C17H27FN2O. The fourth-order valence-corrected chi connectivity index (χ4v) is 3.10. The van der Waals surface area contributed by atoms with Crippen LogP contribution in [0.2, 0.25) is 0 Å². The first-order valence-electron chi connectivity index (χ1n) is 7.79. The van der Waals surface area contributed by atoms with Crippen LogP contribution in [-0.2, 0) is 4.74 Å². The monoisotopic (exact) mass is 294 g/mol. The summed E-state index contributed by atoms with van der Waals surface area (Å²) in [6, 6.07) is 5.48. The quantitative estimate of drug-likeness (QED) is 0.801. The number of benzene rings is 1. The van der Waals surface area contributed by atoms with E-state index in [1.807, 2.05) is 13.0 Å². The van der Waals surface area contributed by atoms with Gasteiger partial charge in [-0.05, 0) is 55.9 Å². The standard InChI is InChI=1S/C17H27FN2O/c1-12-4-7-15(18)10-16(12)17(11-19)20(8-9-21-3)13(2)14-5-6-14/h4,7,10,13-14,17H,5-6,8-9,11,19H2,1-3H3. The Hall–Kier alpha value is -0.970. The molecule has 3 nitrogen and oxygen atoms in total. The zero-order chi connectivity index (χ0) is 15.4. The molecule has 2 N–H and O–H groups in total. The van der Waals surface area contributed by atoms with E-state index in [4.69, 9.17) is 10.5 Å². The smallest absolute Gasteiger partial charge is 0.123 e. The highest BCUT2D eigenvalue weighted by Gasteiger charge is 2.35. The summed E-state index contributed by atoms with van der Waals surface area (Å²) in [4.78, 5) is 2.39. The van der Waals surface area contributed by atoms with Crippen molar-refractivity contribution in [3.8, 4) is 0 Å². The van der Waals surface area contributed by atoms with Crippen LogP contribution in [0.4, 0.5) is 4.39 Å². The molecule has 2 unspecified atom stereocenters. The SMILES string of the molecule is COCCN(C(CN)c1cc(F)ccc1C)C(C)C1CC1. The van der Waals surface area contributed by atoms with Gasteiger partial charge in [0.25, 0.3) is 0 Å². The molecule has 0 radical (unpaired) electrons. The van der Waals surface area contributed by atoms with Crippen molar-refractivity contribution in [2.75, 3.05) is 26.8 Å². The molecule has 1 aliphatic rings. The molecule has 0 bridgehead atoms. The Labute approximate surface area is 127 Å². The molecular weight excluding hydrogens is 267 g/mol. The molecule has 0 aromatic heterocycles. The van der Waals surface area contributed by atoms with Crippen molar-refractivity contribution >= 4 is 0 Å². The van der Waals surface area contributed by atoms with Gasteiger partial charge < -0.3 is 10.5 Å². The van der Waals surface area contributed by atoms with Gasteiger partial charge in [-0.3, -0.25) is 4.90 Å². The van der Waals surface area contributed by atoms with Crippen molar-refractivity contribution in [2.45, 2.75) is 38.8 Å². The molecule has 1 aromatic carbocycles. The van der Waals surface area contributed by atoms with E-state index in [9.17, 15) is 4.39 Å². The maximum absolute atomic E-state index is 13.6. The Kier molecular flexibility index (Phi) is 5.73. The molecule has 0 spiro atoms. The van der Waals surface area contributed by atoms with Gasteiger partial charge in [-0.1, -0.05) is 6.07 Å². The number of methoxy groups -OCH3 is 1. The van der Waals surface area contributed by atoms with Crippen LogP contribution in [0.25, 0.3) is 0 Å². The summed E-state index contributed by atoms with van der Waals surface area (Å²) in [5.41, 5.74) is 8.15. The van der Waals surface area contributed by atoms with Crippen molar-refractivity contribution in [2.24, 2.45) is 11.7 Å². The number of nitrogens with two attached hydrogens (primary N) is 1. The van der Waals surface area contributed by atoms with Gasteiger partial charge in [-0.15, -0.1) is 0 Å². The second kappa shape index (κ2) is 7.34. The minimum Gasteiger partial charge on any atom is -0.383 e. The predicted molar refractivity (Wildman–Crippen MR) is 83.7 cm³/mol. The van der Waals surface area contributed by atoms with Gasteiger partial charge >= 0.3 is 0 Å². The van der Waals surface area contributed by atoms with E-state index in [1.54, 1.807) is 13.2 Å². The lowest BCUT2D eigenvalue weighted by molar-refractivity contribution is 0.0831. The Morgan fingerprint density at radius 3 is 2.71 bits per heavy atom. The molecule has 1 aliphatic carbocycles. The Bertz CT molecular complexity index is 462. The molecule has 2 atom stereocenters. The maximum atomic E-state index is 13.6. The number of hydrogen-bond acceptors (Lipinski definition) is 3. The van der Waals surface area contributed by atoms with E-state index < -0.39 is 0 Å². The largest absolute Gasteiger partial charge is 0.383 e. The van der Waals surface area contributed by atoms with Crippen LogP contribution in [0.5, 0.6) is 0 Å². The van der Waals surface area contributed by atoms with Crippen LogP contribution in [0.1, 0.15) is 36.9 Å². The van der Waals surface area contributed by atoms with Crippen molar-refractivity contribution in [3.05, 3.63) is 35.1 Å². The van der Waals surface area contributed by atoms with Gasteiger partial charge in [0.15, 0.2) is 0 Å². The van der Waals surface area contributed by atoms with Gasteiger partial charge in [-0.2, -0.15) is 0 Å². The Balaban J connectivity index is 2.26. The van der Waals surface area contributed by atoms with Gasteiger partial charge in [0.1, 0.15) is 5.82 Å². The van der Waals surface area contributed by atoms with Crippen molar-refractivity contribution in [1.82, 2.24) is 4.90 Å². The van der Waals surface area contributed by atoms with Gasteiger partial charge in [0.05, 0.1) is 6.61 Å². The zero-order valence-corrected chi connectivity index (χ0v) is 13.3. The summed E-state index contributed by atoms with van der Waals surface area (Å²) < 4.78 is 18.9. The van der Waals surface area contributed by atoms with Crippen LogP contribution >= 0.6 is 0 Å². The van der Waals surface area contributed by atoms with E-state index in [0.29, 0.717) is 19.2 Å². The minimum atomic E-state index is -0.195. The molecule has 1 fully saturated rings. The number of nitrogens with zero attached hydrogens (tertiary/aromatic N) is 1. The number of rotatable bonds is 8. The maximum Gasteiger partial charge on any atom is 0.123 e. The lowest BCUT2D eigenvalue weighted by Crippen LogP contribution is -2.43. The molecule has 0 amide bonds. The molecule has 4 heteroatoms. The van der Waals surface area contributed by atoms with Gasteiger partial charge in [0, 0.05) is 32.3 Å². The van der Waals surface area contributed by atoms with Crippen molar-refractivity contribution in [3.63, 3.8) is 0 Å². The van der Waals surface area contributed by atoms with Crippen LogP contribution in [-0.4, -0.2) is 37.7 Å². The van der Waals surface area contributed by atoms with E-state index in [1.165, 1.54) is 18.9 Å². The Morgan fingerprint density at radius 2 is 2.14 bits per heavy atom. The van der Waals surface area contributed by atoms with E-state index >= 15 is 0 Å². The molecule has 1 aromatic rings. The molecule has 0 aliphatic heterocycles. The second-order valence-corrected chi connectivity index (χ2v) is 6.06. The number of halogens is 1. The van der Waals surface area contributed by atoms with Gasteiger partial charge in [0.2, 0.25) is 0 Å². The number of hydrogen-bond donors (Lipinski definition) is 1. The highest BCUT2D eigenvalue weighted by atomic mass is 19.1. The number of ether oxygens (including phenoxy) is 1. The van der Waals surface area contributed by atoms with Crippen LogP contribution in [0.3, 0.4) is 0 Å². The minimum absolute atomic E-state index is 0.0476. The van der Waals surface area contributed by atoms with E-state index in [-0.39, 0.29) is 11.9 Å². The topological polar surface area (TPSA) is 38.5 Å². The van der Waals surface area contributed by atoms with Crippen LogP contribution in [0, 0.1) is 18.7 Å². The van der Waals surface area contributed by atoms with Crippen LogP contribution < -0.4 is 5.73 Å². The first kappa shape index (κ1) is 16.4. The highest BCUT2D eigenvalue weighted by Crippen LogP contribution is 2.38. The van der Waals surface area contributed by atoms with Crippen LogP contribution in [0.15, 0.2) is 18.2 Å². The number of aryl methyl sites for hydroxylation is 1. The van der Waals surface area contributed by atoms with Gasteiger partial charge in [-0.25, -0.2) is 4.39 Å². The third-order valence-electron chi connectivity index (χ3n) is 4.60. The molecule has 1 saturated carbocycles. The Morgan fingerprint density at radius 1 is 1.43 bits per heavy atom. The highest BCUT2D eigenvalue weighted by molar-refractivity contribution is 5.30. The first-order chi connectivity index (χ1) is 10.1. The summed E-state index contributed by atoms with van der Waals surface area (Å²) in [7, 11) is 1.71. The first-order valence-corrected chi connectivity index (χ1v) is 7.79. The third kappa shape index (κ3) is 4.02. The molecule has 21 heavy (non-hydrogen) atoms. The molecule has 0 heterocycles. The van der Waals surface area contributed by atoms with E-state index in [0.717, 1.165) is 23.6 Å². The molecule has 118 valence electrons. The lowest BCUT2D eigenvalue weighted by atomic mass is 9.97. The summed E-state index contributed by atoms with van der Waals surface area (Å²) in [5.74, 6) is 0.546. The lowest BCUT2D eigenvalue weighted by Gasteiger charge is -2.37. The van der Waals surface area contributed by atoms with Crippen molar-refractivity contribution < 1.29 is 9.13 Å². The molecule has 2 rings (SSSR count). The van der Waals surface area contributed by atoms with Crippen molar-refractivity contribution in [1.29, 1.82) is 0 Å². The fraction of sp³-hybridized carbons (Fsp3) is 0.647. The average molecular weight is 294 g/mol. The fourth-order valence-electron chi connectivity index (χ4n) is 3.10. The summed E-state index contributed by atoms with van der Waals surface area (Å²) in [6.07, 6.45) is 2.56.